The molecule has 2 unspecified atom stereocenters. The van der Waals surface area contributed by atoms with Crippen LogP contribution in [0.1, 0.15) is 38.3 Å². The highest BCUT2D eigenvalue weighted by Gasteiger charge is 2.28. The quantitative estimate of drug-likeness (QED) is 0.332. The Bertz CT molecular complexity index is 740. The van der Waals surface area contributed by atoms with Gasteiger partial charge in [-0.3, -0.25) is 19.7 Å². The van der Waals surface area contributed by atoms with Crippen molar-refractivity contribution in [3.8, 4) is 0 Å². The summed E-state index contributed by atoms with van der Waals surface area (Å²) in [5.41, 5.74) is 2.53. The van der Waals surface area contributed by atoms with Crippen molar-refractivity contribution in [2.24, 2.45) is 16.8 Å². The molecule has 32 heavy (non-hydrogen) atoms. The molecule has 1 aromatic rings. The molecular weight excluding hydrogens is 515 g/mol. The number of rotatable bonds is 6. The van der Waals surface area contributed by atoms with Crippen molar-refractivity contribution in [3.63, 3.8) is 0 Å². The molecule has 2 atom stereocenters. The number of piperidine rings is 1. The Hall–Kier alpha value is -1.42. The van der Waals surface area contributed by atoms with E-state index in [2.05, 4.69) is 58.8 Å². The molecule has 1 aromatic heterocycles. The highest BCUT2D eigenvalue weighted by molar-refractivity contribution is 14.0. The summed E-state index contributed by atoms with van der Waals surface area (Å²) in [7, 11) is 0. The molecule has 2 fully saturated rings. The van der Waals surface area contributed by atoms with Crippen LogP contribution in [0.2, 0.25) is 0 Å². The van der Waals surface area contributed by atoms with E-state index in [1.807, 2.05) is 12.4 Å². The fraction of sp³-hybridized carbons (Fsp3) is 0.708. The number of likely N-dealkylation sites (tertiary alicyclic amines) is 1. The first kappa shape index (κ1) is 26.8. The number of nitrogens with one attached hydrogen (secondary N) is 1. The van der Waals surface area contributed by atoms with E-state index < -0.39 is 0 Å². The first-order chi connectivity index (χ1) is 15.0. The third-order valence-corrected chi connectivity index (χ3v) is 6.37. The lowest BCUT2D eigenvalue weighted by molar-refractivity contribution is -0.135. The smallest absolute Gasteiger partial charge is 0.236 e. The van der Waals surface area contributed by atoms with E-state index in [1.54, 1.807) is 0 Å². The highest BCUT2D eigenvalue weighted by atomic mass is 127. The van der Waals surface area contributed by atoms with Gasteiger partial charge in [0.1, 0.15) is 0 Å². The van der Waals surface area contributed by atoms with Crippen LogP contribution >= 0.6 is 24.0 Å². The molecule has 1 amide bonds. The number of piperazine rings is 1. The lowest BCUT2D eigenvalue weighted by Crippen LogP contribution is -2.55. The topological polar surface area (TPSA) is 64.1 Å². The van der Waals surface area contributed by atoms with Crippen LogP contribution in [-0.4, -0.2) is 90.5 Å². The predicted octanol–water partition coefficient (Wildman–Crippen LogP) is 2.64. The van der Waals surface area contributed by atoms with Gasteiger partial charge in [-0.1, -0.05) is 13.8 Å². The first-order valence-electron chi connectivity index (χ1n) is 11.9. The molecule has 0 radical (unpaired) electrons. The van der Waals surface area contributed by atoms with Crippen LogP contribution in [0, 0.1) is 18.8 Å². The Morgan fingerprint density at radius 2 is 1.84 bits per heavy atom. The molecule has 2 aliphatic rings. The van der Waals surface area contributed by atoms with Crippen LogP contribution in [0.3, 0.4) is 0 Å². The van der Waals surface area contributed by atoms with Gasteiger partial charge in [-0.25, -0.2) is 0 Å². The van der Waals surface area contributed by atoms with Gasteiger partial charge in [-0.05, 0) is 55.7 Å². The molecule has 0 aromatic carbocycles. The Kier molecular flexibility index (Phi) is 11.2. The zero-order valence-electron chi connectivity index (χ0n) is 20.2. The van der Waals surface area contributed by atoms with Crippen molar-refractivity contribution in [1.82, 2.24) is 25.0 Å². The summed E-state index contributed by atoms with van der Waals surface area (Å²) in [6, 6.07) is 2.08. The lowest BCUT2D eigenvalue weighted by Gasteiger charge is -2.39. The number of halogens is 1. The molecule has 1 N–H and O–H groups in total. The number of carbonyl (C=O) groups is 1. The zero-order chi connectivity index (χ0) is 22.2. The maximum atomic E-state index is 12.8. The Morgan fingerprint density at radius 1 is 1.16 bits per heavy atom. The number of aromatic nitrogens is 1. The van der Waals surface area contributed by atoms with Gasteiger partial charge >= 0.3 is 0 Å². The third-order valence-electron chi connectivity index (χ3n) is 6.37. The number of amides is 1. The molecule has 0 bridgehead atoms. The van der Waals surface area contributed by atoms with Gasteiger partial charge < -0.3 is 15.1 Å². The summed E-state index contributed by atoms with van der Waals surface area (Å²) in [6.07, 6.45) is 5.92. The number of nitrogens with zero attached hydrogens (tertiary/aromatic N) is 5. The van der Waals surface area contributed by atoms with Gasteiger partial charge in [0.15, 0.2) is 5.96 Å². The Balaban J connectivity index is 0.00000363. The fourth-order valence-corrected chi connectivity index (χ4v) is 4.77. The molecule has 0 aliphatic carbocycles. The zero-order valence-corrected chi connectivity index (χ0v) is 22.5. The molecule has 0 saturated carbocycles. The number of carbonyl (C=O) groups excluding carboxylic acids is 1. The molecule has 180 valence electrons. The molecule has 3 rings (SSSR count). The van der Waals surface area contributed by atoms with Gasteiger partial charge in [0.2, 0.25) is 5.91 Å². The van der Waals surface area contributed by atoms with Crippen LogP contribution < -0.4 is 5.32 Å². The van der Waals surface area contributed by atoms with Crippen molar-refractivity contribution in [1.29, 1.82) is 0 Å². The van der Waals surface area contributed by atoms with Crippen LogP contribution in [0.15, 0.2) is 23.5 Å². The molecule has 8 heteroatoms. The average Bonchev–Trinajstić information content (AvgIpc) is 2.74. The van der Waals surface area contributed by atoms with Gasteiger partial charge in [0.25, 0.3) is 0 Å². The maximum Gasteiger partial charge on any atom is 0.236 e. The number of hydrogen-bond donors (Lipinski definition) is 1. The van der Waals surface area contributed by atoms with Gasteiger partial charge in [-0.2, -0.15) is 0 Å². The van der Waals surface area contributed by atoms with Crippen molar-refractivity contribution < 1.29 is 4.79 Å². The molecule has 3 heterocycles. The number of pyridine rings is 1. The lowest BCUT2D eigenvalue weighted by atomic mass is 9.92. The van der Waals surface area contributed by atoms with E-state index in [0.717, 1.165) is 64.7 Å². The van der Waals surface area contributed by atoms with E-state index in [1.165, 1.54) is 17.5 Å². The number of aryl methyl sites for hydroxylation is 1. The van der Waals surface area contributed by atoms with Crippen molar-refractivity contribution in [2.75, 3.05) is 58.9 Å². The first-order valence-corrected chi connectivity index (χ1v) is 11.9. The van der Waals surface area contributed by atoms with Crippen LogP contribution in [0.5, 0.6) is 0 Å². The molecule has 0 spiro atoms. The van der Waals surface area contributed by atoms with Crippen LogP contribution in [0.25, 0.3) is 0 Å². The summed E-state index contributed by atoms with van der Waals surface area (Å²) in [6.45, 7) is 16.3. The second-order valence-corrected chi connectivity index (χ2v) is 9.30. The number of guanidine groups is 1. The van der Waals surface area contributed by atoms with E-state index in [-0.39, 0.29) is 24.0 Å². The minimum absolute atomic E-state index is 0. The molecule has 2 aliphatic heterocycles. The monoisotopic (exact) mass is 556 g/mol. The van der Waals surface area contributed by atoms with E-state index in [0.29, 0.717) is 24.3 Å². The van der Waals surface area contributed by atoms with Crippen molar-refractivity contribution >= 4 is 35.8 Å². The predicted molar refractivity (Wildman–Crippen MR) is 142 cm³/mol. The Morgan fingerprint density at radius 3 is 2.47 bits per heavy atom. The summed E-state index contributed by atoms with van der Waals surface area (Å²) in [4.78, 5) is 28.6. The van der Waals surface area contributed by atoms with Gasteiger partial charge in [0.05, 0.1) is 6.54 Å². The van der Waals surface area contributed by atoms with Gasteiger partial charge in [0, 0.05) is 64.8 Å². The standard InChI is InChI=1S/C24H40N6O.HI/c1-5-26-24(27-9-7-22-6-8-25-15-21(22)4)29-12-10-28(11-13-29)18-23(31)30-16-19(2)14-20(3)17-30;/h6,8,15,19-20H,5,7,9-14,16-18H2,1-4H3,(H,26,27);1H. The minimum atomic E-state index is 0. The average molecular weight is 557 g/mol. The summed E-state index contributed by atoms with van der Waals surface area (Å²) in [5, 5.41) is 3.44. The fourth-order valence-electron chi connectivity index (χ4n) is 4.77. The van der Waals surface area contributed by atoms with Crippen molar-refractivity contribution in [3.05, 3.63) is 29.6 Å². The number of aliphatic imine (C=N–C) groups is 1. The van der Waals surface area contributed by atoms with Gasteiger partial charge in [-0.15, -0.1) is 24.0 Å². The summed E-state index contributed by atoms with van der Waals surface area (Å²) < 4.78 is 0. The van der Waals surface area contributed by atoms with Crippen molar-refractivity contribution in [2.45, 2.75) is 40.5 Å². The van der Waals surface area contributed by atoms with Crippen LogP contribution in [-0.2, 0) is 11.2 Å². The highest BCUT2D eigenvalue weighted by Crippen LogP contribution is 2.21. The molecular formula is C24H41IN6O. The summed E-state index contributed by atoms with van der Waals surface area (Å²) >= 11 is 0. The maximum absolute atomic E-state index is 12.8. The Labute approximate surface area is 211 Å². The SMILES string of the molecule is CCNC(=NCCc1ccncc1C)N1CCN(CC(=O)N2CC(C)CC(C)C2)CC1.I. The van der Waals surface area contributed by atoms with E-state index in [4.69, 9.17) is 4.99 Å². The third kappa shape index (κ3) is 7.86. The second-order valence-electron chi connectivity index (χ2n) is 9.30. The van der Waals surface area contributed by atoms with E-state index in [9.17, 15) is 4.79 Å². The van der Waals surface area contributed by atoms with E-state index >= 15 is 0 Å². The second kappa shape index (κ2) is 13.3. The minimum Gasteiger partial charge on any atom is -0.357 e. The normalized spacial score (nSPS) is 22.4. The summed E-state index contributed by atoms with van der Waals surface area (Å²) in [5.74, 6) is 2.50. The molecule has 7 nitrogen and oxygen atoms in total. The molecule has 2 saturated heterocycles. The largest absolute Gasteiger partial charge is 0.357 e. The van der Waals surface area contributed by atoms with Crippen LogP contribution in [0.4, 0.5) is 0 Å². The number of hydrogen-bond acceptors (Lipinski definition) is 4.